The Morgan fingerprint density at radius 1 is 1.10 bits per heavy atom. The number of nitrogens with one attached hydrogen (secondary N) is 2. The molecule has 0 radical (unpaired) electrons. The summed E-state index contributed by atoms with van der Waals surface area (Å²) in [6, 6.07) is 12.3. The average molecular weight is 431 g/mol. The standard InChI is InChI=1S/C23H31ClN4O2/c1-2-25-23(26-12-9-19-7-8-22(24)27-15-19)28-16-18-3-5-20(6-4-18)17-30-21-10-13-29-14-11-21/h3-8,15,21H,2,9-14,16-17H2,1H3,(H2,25,26,28). The Balaban J connectivity index is 1.44. The fraction of sp³-hybridized carbons (Fsp3) is 0.478. The summed E-state index contributed by atoms with van der Waals surface area (Å²) in [4.78, 5) is 8.80. The molecule has 0 saturated carbocycles. The Bertz CT molecular complexity index is 775. The molecule has 0 unspecified atom stereocenters. The Kier molecular flexibility index (Phi) is 9.41. The zero-order valence-electron chi connectivity index (χ0n) is 17.6. The summed E-state index contributed by atoms with van der Waals surface area (Å²) >= 11 is 5.83. The topological polar surface area (TPSA) is 67.8 Å². The van der Waals surface area contributed by atoms with Gasteiger partial charge in [0, 0.05) is 32.5 Å². The molecular formula is C23H31ClN4O2. The van der Waals surface area contributed by atoms with Crippen molar-refractivity contribution in [2.45, 2.75) is 45.4 Å². The normalized spacial score (nSPS) is 15.2. The van der Waals surface area contributed by atoms with E-state index in [4.69, 9.17) is 26.1 Å². The zero-order valence-corrected chi connectivity index (χ0v) is 18.3. The summed E-state index contributed by atoms with van der Waals surface area (Å²) in [7, 11) is 0. The highest BCUT2D eigenvalue weighted by molar-refractivity contribution is 6.29. The Hall–Kier alpha value is -2.15. The van der Waals surface area contributed by atoms with E-state index in [1.165, 1.54) is 11.1 Å². The van der Waals surface area contributed by atoms with Gasteiger partial charge in [0.25, 0.3) is 0 Å². The van der Waals surface area contributed by atoms with E-state index in [-0.39, 0.29) is 0 Å². The van der Waals surface area contributed by atoms with Gasteiger partial charge in [-0.05, 0) is 48.9 Å². The van der Waals surface area contributed by atoms with E-state index >= 15 is 0 Å². The molecule has 2 aromatic rings. The lowest BCUT2D eigenvalue weighted by Crippen LogP contribution is -2.38. The number of pyridine rings is 1. The van der Waals surface area contributed by atoms with Gasteiger partial charge in [0.1, 0.15) is 5.15 Å². The van der Waals surface area contributed by atoms with E-state index in [2.05, 4.69) is 46.8 Å². The minimum Gasteiger partial charge on any atom is -0.381 e. The molecule has 1 aromatic heterocycles. The molecule has 7 heteroatoms. The predicted molar refractivity (Wildman–Crippen MR) is 121 cm³/mol. The van der Waals surface area contributed by atoms with Crippen LogP contribution in [0, 0.1) is 0 Å². The van der Waals surface area contributed by atoms with Crippen LogP contribution in [0.4, 0.5) is 0 Å². The fourth-order valence-electron chi connectivity index (χ4n) is 3.19. The monoisotopic (exact) mass is 430 g/mol. The van der Waals surface area contributed by atoms with Gasteiger partial charge in [-0.1, -0.05) is 41.9 Å². The fourth-order valence-corrected chi connectivity index (χ4v) is 3.30. The van der Waals surface area contributed by atoms with Crippen LogP contribution in [0.5, 0.6) is 0 Å². The van der Waals surface area contributed by atoms with Crippen LogP contribution in [0.25, 0.3) is 0 Å². The Labute approximate surface area is 184 Å². The molecule has 0 bridgehead atoms. The number of nitrogens with zero attached hydrogens (tertiary/aromatic N) is 2. The minimum absolute atomic E-state index is 0.320. The predicted octanol–water partition coefficient (Wildman–Crippen LogP) is 3.73. The van der Waals surface area contributed by atoms with Crippen molar-refractivity contribution in [3.63, 3.8) is 0 Å². The number of aliphatic imine (C=N–C) groups is 1. The van der Waals surface area contributed by atoms with E-state index < -0.39 is 0 Å². The number of ether oxygens (including phenoxy) is 2. The molecule has 0 atom stereocenters. The van der Waals surface area contributed by atoms with Crippen LogP contribution < -0.4 is 10.6 Å². The van der Waals surface area contributed by atoms with Crippen LogP contribution >= 0.6 is 11.6 Å². The van der Waals surface area contributed by atoms with E-state index in [9.17, 15) is 0 Å². The lowest BCUT2D eigenvalue weighted by Gasteiger charge is -2.22. The second kappa shape index (κ2) is 12.5. The molecule has 1 fully saturated rings. The van der Waals surface area contributed by atoms with Gasteiger partial charge < -0.3 is 20.1 Å². The first-order valence-corrected chi connectivity index (χ1v) is 11.0. The van der Waals surface area contributed by atoms with Crippen molar-refractivity contribution >= 4 is 17.6 Å². The van der Waals surface area contributed by atoms with E-state index in [1.54, 1.807) is 6.20 Å². The van der Waals surface area contributed by atoms with Gasteiger partial charge in [-0.2, -0.15) is 0 Å². The number of guanidine groups is 1. The van der Waals surface area contributed by atoms with E-state index in [0.29, 0.717) is 24.4 Å². The van der Waals surface area contributed by atoms with Crippen molar-refractivity contribution in [3.8, 4) is 0 Å². The van der Waals surface area contributed by atoms with Crippen LogP contribution in [-0.4, -0.2) is 43.4 Å². The Morgan fingerprint density at radius 2 is 1.83 bits per heavy atom. The first-order valence-electron chi connectivity index (χ1n) is 10.6. The second-order valence-electron chi connectivity index (χ2n) is 7.30. The van der Waals surface area contributed by atoms with Gasteiger partial charge in [-0.25, -0.2) is 9.98 Å². The van der Waals surface area contributed by atoms with Gasteiger partial charge in [-0.3, -0.25) is 0 Å². The van der Waals surface area contributed by atoms with Crippen molar-refractivity contribution in [1.29, 1.82) is 0 Å². The van der Waals surface area contributed by atoms with Crippen molar-refractivity contribution in [2.75, 3.05) is 26.3 Å². The summed E-state index contributed by atoms with van der Waals surface area (Å²) in [6.07, 6.45) is 4.96. The van der Waals surface area contributed by atoms with Gasteiger partial charge in [-0.15, -0.1) is 0 Å². The van der Waals surface area contributed by atoms with E-state index in [0.717, 1.165) is 57.1 Å². The molecule has 1 aliphatic rings. The second-order valence-corrected chi connectivity index (χ2v) is 7.69. The molecule has 1 saturated heterocycles. The number of hydrogen-bond donors (Lipinski definition) is 2. The third-order valence-corrected chi connectivity index (χ3v) is 5.16. The maximum atomic E-state index is 5.99. The third-order valence-electron chi connectivity index (χ3n) is 4.94. The smallest absolute Gasteiger partial charge is 0.191 e. The molecule has 6 nitrogen and oxygen atoms in total. The van der Waals surface area contributed by atoms with Gasteiger partial charge in [0.2, 0.25) is 0 Å². The quantitative estimate of drug-likeness (QED) is 0.360. The number of aromatic nitrogens is 1. The van der Waals surface area contributed by atoms with Crippen molar-refractivity contribution in [3.05, 3.63) is 64.4 Å². The van der Waals surface area contributed by atoms with Crippen LogP contribution in [0.3, 0.4) is 0 Å². The maximum Gasteiger partial charge on any atom is 0.191 e. The Morgan fingerprint density at radius 3 is 2.53 bits per heavy atom. The molecule has 2 N–H and O–H groups in total. The van der Waals surface area contributed by atoms with Crippen LogP contribution in [0.15, 0.2) is 47.6 Å². The number of rotatable bonds is 9. The lowest BCUT2D eigenvalue weighted by molar-refractivity contribution is -0.0390. The zero-order chi connectivity index (χ0) is 21.0. The minimum atomic E-state index is 0.320. The molecule has 1 aliphatic heterocycles. The van der Waals surface area contributed by atoms with Crippen molar-refractivity contribution in [1.82, 2.24) is 15.6 Å². The lowest BCUT2D eigenvalue weighted by atomic mass is 10.1. The molecule has 0 amide bonds. The molecule has 0 aliphatic carbocycles. The number of hydrogen-bond acceptors (Lipinski definition) is 4. The summed E-state index contributed by atoms with van der Waals surface area (Å²) in [5.74, 6) is 0.811. The average Bonchev–Trinajstić information content (AvgIpc) is 2.79. The number of halogens is 1. The molecule has 0 spiro atoms. The SMILES string of the molecule is CCNC(=NCc1ccc(COC2CCOCC2)cc1)NCCc1ccc(Cl)nc1. The number of benzene rings is 1. The van der Waals surface area contributed by atoms with Crippen molar-refractivity contribution in [2.24, 2.45) is 4.99 Å². The molecule has 2 heterocycles. The first-order chi connectivity index (χ1) is 14.7. The van der Waals surface area contributed by atoms with Crippen molar-refractivity contribution < 1.29 is 9.47 Å². The van der Waals surface area contributed by atoms with Crippen LogP contribution in [-0.2, 0) is 29.0 Å². The van der Waals surface area contributed by atoms with Crippen LogP contribution in [0.1, 0.15) is 36.5 Å². The van der Waals surface area contributed by atoms with Gasteiger partial charge >= 0.3 is 0 Å². The maximum absolute atomic E-state index is 5.99. The molecule has 162 valence electrons. The summed E-state index contributed by atoms with van der Waals surface area (Å²) in [5, 5.41) is 7.17. The summed E-state index contributed by atoms with van der Waals surface area (Å²) in [6.45, 7) is 6.54. The molecule has 3 rings (SSSR count). The van der Waals surface area contributed by atoms with Gasteiger partial charge in [0.15, 0.2) is 5.96 Å². The molecule has 1 aromatic carbocycles. The molecular weight excluding hydrogens is 400 g/mol. The summed E-state index contributed by atoms with van der Waals surface area (Å²) < 4.78 is 11.4. The highest BCUT2D eigenvalue weighted by atomic mass is 35.5. The summed E-state index contributed by atoms with van der Waals surface area (Å²) in [5.41, 5.74) is 3.50. The van der Waals surface area contributed by atoms with E-state index in [1.807, 2.05) is 12.1 Å². The third kappa shape index (κ3) is 7.94. The van der Waals surface area contributed by atoms with Crippen LogP contribution in [0.2, 0.25) is 5.15 Å². The largest absolute Gasteiger partial charge is 0.381 e. The van der Waals surface area contributed by atoms with Gasteiger partial charge in [0.05, 0.1) is 19.3 Å². The highest BCUT2D eigenvalue weighted by Gasteiger charge is 2.13. The molecule has 30 heavy (non-hydrogen) atoms. The first kappa shape index (κ1) is 22.5. The highest BCUT2D eigenvalue weighted by Crippen LogP contribution is 2.14.